The van der Waals surface area contributed by atoms with Gasteiger partial charge in [0, 0.05) is 84.8 Å². The number of alkyl halides is 2. The summed E-state index contributed by atoms with van der Waals surface area (Å²) in [6.45, 7) is 34.0. The van der Waals surface area contributed by atoms with Crippen LogP contribution in [0.4, 0.5) is 8.78 Å². The van der Waals surface area contributed by atoms with Gasteiger partial charge in [-0.3, -0.25) is 17.4 Å². The van der Waals surface area contributed by atoms with Gasteiger partial charge in [-0.2, -0.15) is 22.3 Å². The van der Waals surface area contributed by atoms with E-state index in [0.29, 0.717) is 104 Å². The Balaban J connectivity index is 0.000000239. The van der Waals surface area contributed by atoms with Gasteiger partial charge >= 0.3 is 5.25 Å². The van der Waals surface area contributed by atoms with E-state index >= 15 is 8.78 Å². The van der Waals surface area contributed by atoms with Crippen LogP contribution in [0.2, 0.25) is 0 Å². The van der Waals surface area contributed by atoms with Crippen molar-refractivity contribution in [1.29, 1.82) is 9.56 Å². The zero-order chi connectivity index (χ0) is 93.6. The quantitative estimate of drug-likeness (QED) is 0.0438. The molecule has 21 heteroatoms. The Bertz CT molecular complexity index is 5280. The van der Waals surface area contributed by atoms with Crippen molar-refractivity contribution in [3.05, 3.63) is 249 Å². The molecule has 12 aliphatic rings. The topological polar surface area (TPSA) is 278 Å². The Kier molecular flexibility index (Phi) is 40.0. The highest BCUT2D eigenvalue weighted by Crippen LogP contribution is 2.63. The Labute approximate surface area is 803 Å². The minimum absolute atomic E-state index is 0. The van der Waals surface area contributed by atoms with E-state index in [1.807, 2.05) is 54.8 Å². The van der Waals surface area contributed by atoms with Crippen molar-refractivity contribution in [3.8, 4) is 0 Å². The van der Waals surface area contributed by atoms with Crippen LogP contribution in [0, 0.1) is 90.4 Å². The molecular weight excluding hydrogens is 1750 g/mol. The van der Waals surface area contributed by atoms with Crippen molar-refractivity contribution < 1.29 is 66.5 Å². The molecule has 0 heterocycles. The van der Waals surface area contributed by atoms with Gasteiger partial charge in [0.25, 0.3) is 0 Å². The summed E-state index contributed by atoms with van der Waals surface area (Å²) in [7, 11) is -11.2. The molecule has 736 valence electrons. The smallest absolute Gasteiger partial charge is 0.318 e. The van der Waals surface area contributed by atoms with Gasteiger partial charge in [0.2, 0.25) is 0 Å². The van der Waals surface area contributed by atoms with Gasteiger partial charge in [0.1, 0.15) is 0 Å². The molecule has 10 saturated carbocycles. The number of aliphatic hydroxyl groups is 8. The Morgan fingerprint density at radius 1 is 0.477 bits per heavy atom. The molecule has 4 unspecified atom stereocenters. The molecule has 26 atom stereocenters. The van der Waals surface area contributed by atoms with Crippen LogP contribution in [0.15, 0.2) is 259 Å². The summed E-state index contributed by atoms with van der Waals surface area (Å²) >= 11 is 0. The number of allylic oxidation sites excluding steroid dienone is 18. The lowest BCUT2D eigenvalue weighted by molar-refractivity contribution is 0.0281. The number of rotatable bonds is 20. The van der Waals surface area contributed by atoms with E-state index in [9.17, 15) is 57.7 Å². The summed E-state index contributed by atoms with van der Waals surface area (Å²) in [5, 5.41) is 80.6. The fraction of sp³-hybridized carbons (Fsp3) is 0.586. The maximum atomic E-state index is 15.4. The van der Waals surface area contributed by atoms with E-state index < -0.39 is 99.0 Å². The van der Waals surface area contributed by atoms with Gasteiger partial charge in [-0.1, -0.05) is 247 Å². The molecule has 0 radical (unpaired) electrons. The summed E-state index contributed by atoms with van der Waals surface area (Å²) < 4.78 is 96.1. The van der Waals surface area contributed by atoms with Gasteiger partial charge < -0.3 is 40.9 Å². The van der Waals surface area contributed by atoms with E-state index in [2.05, 4.69) is 147 Å². The molecule has 0 saturated heterocycles. The number of halogens is 2. The molecule has 0 amide bonds. The number of hydrogen-bond acceptors (Lipinski definition) is 14. The van der Waals surface area contributed by atoms with Gasteiger partial charge in [0.05, 0.1) is 68.1 Å². The van der Waals surface area contributed by atoms with Crippen LogP contribution in [0.25, 0.3) is 0 Å². The van der Waals surface area contributed by atoms with Crippen molar-refractivity contribution in [2.45, 2.75) is 321 Å². The van der Waals surface area contributed by atoms with Crippen molar-refractivity contribution >= 4 is 63.7 Å². The molecule has 0 spiro atoms. The van der Waals surface area contributed by atoms with Gasteiger partial charge in [0.15, 0.2) is 0 Å². The monoisotopic (exact) mass is 1920 g/mol. The van der Waals surface area contributed by atoms with E-state index in [0.717, 1.165) is 134 Å². The molecule has 14 nitrogen and oxygen atoms in total. The molecule has 2 aromatic rings. The fourth-order valence-corrected chi connectivity index (χ4v) is 29.0. The molecule has 0 bridgehead atoms. The number of hydrogen-bond donors (Lipinski definition) is 10. The van der Waals surface area contributed by atoms with Gasteiger partial charge in [-0.25, -0.2) is 8.99 Å². The average molecular weight is 1920 g/mol. The number of nitrogens with one attached hydrogen (secondary N) is 2. The molecule has 12 aliphatic carbocycles. The highest BCUT2D eigenvalue weighted by Gasteiger charge is 2.55. The normalized spacial score (nSPS) is 36.4. The summed E-state index contributed by atoms with van der Waals surface area (Å²) in [6, 6.07) is 17.5. The predicted molar refractivity (Wildman–Crippen MR) is 557 cm³/mol. The van der Waals surface area contributed by atoms with Crippen LogP contribution in [-0.4, -0.2) is 142 Å². The highest BCUT2D eigenvalue weighted by atomic mass is 32.2. The van der Waals surface area contributed by atoms with Crippen LogP contribution in [0.1, 0.15) is 257 Å². The van der Waals surface area contributed by atoms with E-state index in [-0.39, 0.29) is 80.1 Å². The molecular formula is C111H166F2N2O12S5. The van der Waals surface area contributed by atoms with Crippen LogP contribution in [0.5, 0.6) is 0 Å². The molecule has 2 aromatic carbocycles. The molecule has 14 rings (SSSR count). The second-order valence-electron chi connectivity index (χ2n) is 41.4. The Morgan fingerprint density at radius 2 is 0.826 bits per heavy atom. The van der Waals surface area contributed by atoms with Crippen molar-refractivity contribution in [2.24, 2.45) is 80.8 Å². The van der Waals surface area contributed by atoms with Crippen LogP contribution < -0.4 is 0 Å². The number of aliphatic hydroxyl groups excluding tert-OH is 8. The van der Waals surface area contributed by atoms with Crippen LogP contribution in [-0.2, 0) is 38.5 Å². The van der Waals surface area contributed by atoms with Crippen molar-refractivity contribution in [1.82, 2.24) is 0 Å². The Morgan fingerprint density at radius 3 is 1.21 bits per heavy atom. The molecule has 10 N–H and O–H groups in total. The average Bonchev–Trinajstić information content (AvgIpc) is 1.60. The van der Waals surface area contributed by atoms with Gasteiger partial charge in [-0.15, -0.1) is 0 Å². The Hall–Kier alpha value is -5.89. The lowest BCUT2D eigenvalue weighted by atomic mass is 9.61. The van der Waals surface area contributed by atoms with Crippen molar-refractivity contribution in [2.75, 3.05) is 18.3 Å². The highest BCUT2D eigenvalue weighted by molar-refractivity contribution is 8.03. The summed E-state index contributed by atoms with van der Waals surface area (Å²) in [5.41, 5.74) is 15.6. The third-order valence-corrected chi connectivity index (χ3v) is 37.7. The van der Waals surface area contributed by atoms with E-state index in [4.69, 9.17) is 9.56 Å². The third kappa shape index (κ3) is 26.6. The lowest BCUT2D eigenvalue weighted by Crippen LogP contribution is -2.39. The predicted octanol–water partition coefficient (Wildman–Crippen LogP) is 24.2. The molecule has 0 aromatic heterocycles. The minimum atomic E-state index is -3.76. The van der Waals surface area contributed by atoms with Crippen LogP contribution >= 0.6 is 13.5 Å². The SMILES string of the molecule is C.C.C.C=C1/C(=C\C=C2/CCC[C@]3(C)C([C@H](C)/C=C/S(C)(=N)=O)=CC[C@@H]23)C[C@@H](O)C[C@@H]1O.C=C1/C(=C\C=C2/CCC[C@]3(C)C([C@H](C)CCS(C)(=N)=O)=CC[C@@H]23)C[C@@H](O)C[C@@H]1O.C=C1/C(=C\C=C2/CCC[C@]3(C)[C@@H]([C@@H](C)/C=C/S(=C)(=O)c4ccccc4)CC[C@@H]23)C[C@@H](O)C[C@@H]1O.C=C1/C(=C\C=C2/CCC[C@]3(C)[C@@H]([C@H](C)CC(F)(F)S(=C)(=O)c4ccccc4)CC[C@@H]23)C[C@@H](O)C[C@@H]1O.S. The number of benzene rings is 2. The first-order valence-corrected chi connectivity index (χ1v) is 54.9. The summed E-state index contributed by atoms with van der Waals surface area (Å²) in [6.07, 6.45) is 47.6. The maximum absolute atomic E-state index is 15.4. The summed E-state index contributed by atoms with van der Waals surface area (Å²) in [5.74, 6) is 11.0. The first kappa shape index (κ1) is 113. The van der Waals surface area contributed by atoms with E-state index in [1.165, 1.54) is 90.2 Å². The number of fused-ring (bicyclic) bond motifs is 4. The molecule has 132 heavy (non-hydrogen) atoms. The maximum Gasteiger partial charge on any atom is 0.318 e. The minimum Gasteiger partial charge on any atom is -0.393 e. The largest absolute Gasteiger partial charge is 0.393 e. The first-order chi connectivity index (χ1) is 60.0. The lowest BCUT2D eigenvalue weighted by Gasteiger charge is -2.45. The third-order valence-electron chi connectivity index (χ3n) is 32.2. The second kappa shape index (κ2) is 46.7. The molecule has 10 fully saturated rings. The zero-order valence-corrected chi connectivity index (χ0v) is 82.9. The summed E-state index contributed by atoms with van der Waals surface area (Å²) in [4.78, 5) is 0.887. The first-order valence-electron chi connectivity index (χ1n) is 47.2. The van der Waals surface area contributed by atoms with Crippen molar-refractivity contribution in [3.63, 3.8) is 0 Å². The fourth-order valence-electron chi connectivity index (χ4n) is 24.9. The van der Waals surface area contributed by atoms with Crippen LogP contribution in [0.3, 0.4) is 0 Å². The molecule has 0 aliphatic heterocycles. The second-order valence-corrected chi connectivity index (χ2v) is 50.5. The van der Waals surface area contributed by atoms with Gasteiger partial charge in [-0.05, 0) is 315 Å². The zero-order valence-electron chi connectivity index (χ0n) is 78.6. The van der Waals surface area contributed by atoms with E-state index in [1.54, 1.807) is 23.6 Å². The standard InChI is InChI=1S/C30H40F2O3S.C30H40O3S.C24H37NO3S.C24H35NO3S.3CH4.H2S/c1-20(19-30(31,32)36(4,35)25-10-6-5-7-11-25)26-14-15-27-22(9-8-16-29(26,27)3)12-13-23-17-24(33)18-28(34)21(23)2;1-21(16-18-34(4,33)26-10-6-5-7-11-26)27-14-15-28-23(9-8-17-30(27,28)3)12-13-24-19-25(31)20-29(32)22(24)2;2*1-16(11-13-29(4,25)28)21-9-10-22-18(6-5-12-24(21,22)3)7-8-19-14-20(26)15-23(27)17(19)2;;;;/h5-7,10-13,20,24,26-28,33-34H,2,4,8-9,14-19H2,1,3H3;5-7,10-13,16,18,21,25,27-29,31-32H,2,4,8-9,14-15,17,19-20H2,1,3H3;7-9,16,20,22-23,25-27H,2,5-6,10-15H2,1,3-4H3;7-9,11,13,16,20,22-23,25-27H,2,5-6,10,12,14-15H2,1,3-4H3;3*1H4;1H2/b22-12+,23-13-;18-16+,23-12+,24-13-;18-7+,19-8-;13-11+,18-7+,19-8-;;;;/t20-,24-,26-,27+,28+,29-,36?;21-,25+,27+,28-,29-,30+,34?;2*16-,20-,22+,23+,24-,29?;;;;/m1011..../s1.